The zero-order valence-electron chi connectivity index (χ0n) is 14.3. The molecule has 7 heteroatoms. The predicted molar refractivity (Wildman–Crippen MR) is 98.3 cm³/mol. The molecule has 0 radical (unpaired) electrons. The fourth-order valence-electron chi connectivity index (χ4n) is 2.50. The molecule has 1 heterocycles. The highest BCUT2D eigenvalue weighted by Crippen LogP contribution is 2.23. The van der Waals surface area contributed by atoms with Crippen LogP contribution in [0.1, 0.15) is 15.9 Å². The maximum atomic E-state index is 12.7. The Morgan fingerprint density at radius 2 is 1.77 bits per heavy atom. The number of methoxy groups -OCH3 is 1. The second kappa shape index (κ2) is 7.10. The van der Waals surface area contributed by atoms with E-state index in [1.54, 1.807) is 48.5 Å². The van der Waals surface area contributed by atoms with Gasteiger partial charge in [0.2, 0.25) is 0 Å². The lowest BCUT2D eigenvalue weighted by Crippen LogP contribution is -2.38. The Bertz CT molecular complexity index is 1070. The molecule has 0 aliphatic rings. The molecule has 0 saturated carbocycles. The number of ether oxygens (including phenoxy) is 1. The third-order valence-electron chi connectivity index (χ3n) is 3.87. The number of H-pyrrole nitrogens is 1. The summed E-state index contributed by atoms with van der Waals surface area (Å²) >= 11 is 0. The fraction of sp³-hybridized carbons (Fsp3) is 0.105. The van der Waals surface area contributed by atoms with Gasteiger partial charge in [0.1, 0.15) is 11.3 Å². The number of carbonyl (C=O) groups is 1. The highest BCUT2D eigenvalue weighted by atomic mass is 16.5. The Balaban J connectivity index is 2.02. The van der Waals surface area contributed by atoms with E-state index in [9.17, 15) is 14.4 Å². The molecule has 0 aliphatic carbocycles. The van der Waals surface area contributed by atoms with Crippen LogP contribution < -0.4 is 21.3 Å². The molecule has 0 aliphatic heterocycles. The molecule has 0 atom stereocenters. The van der Waals surface area contributed by atoms with Gasteiger partial charge in [0.15, 0.2) is 0 Å². The molecule has 2 aromatic carbocycles. The van der Waals surface area contributed by atoms with Crippen LogP contribution in [0.2, 0.25) is 0 Å². The summed E-state index contributed by atoms with van der Waals surface area (Å²) in [7, 11) is 1.48. The highest BCUT2D eigenvalue weighted by Gasteiger charge is 2.17. The molecular formula is C19H17N3O4. The number of rotatable bonds is 4. The van der Waals surface area contributed by atoms with Crippen LogP contribution in [-0.2, 0) is 0 Å². The number of hydrogen-bond acceptors (Lipinski definition) is 4. The van der Waals surface area contributed by atoms with Crippen molar-refractivity contribution in [3.05, 3.63) is 86.7 Å². The third-order valence-corrected chi connectivity index (χ3v) is 3.87. The summed E-state index contributed by atoms with van der Waals surface area (Å²) < 4.78 is 6.11. The van der Waals surface area contributed by atoms with Crippen LogP contribution in [0.4, 0.5) is 5.69 Å². The van der Waals surface area contributed by atoms with Gasteiger partial charge >= 0.3 is 5.69 Å². The number of aryl methyl sites for hydroxylation is 1. The Morgan fingerprint density at radius 1 is 1.08 bits per heavy atom. The number of aromatic amines is 1. The maximum Gasteiger partial charge on any atom is 0.333 e. The first-order valence-electron chi connectivity index (χ1n) is 7.87. The highest BCUT2D eigenvalue weighted by molar-refractivity contribution is 6.04. The Morgan fingerprint density at radius 3 is 2.46 bits per heavy atom. The normalized spacial score (nSPS) is 10.4. The molecular weight excluding hydrogens is 334 g/mol. The first-order chi connectivity index (χ1) is 12.5. The lowest BCUT2D eigenvalue weighted by Gasteiger charge is -2.10. The first-order valence-corrected chi connectivity index (χ1v) is 7.87. The Hall–Kier alpha value is -3.61. The summed E-state index contributed by atoms with van der Waals surface area (Å²) in [6.07, 6.45) is 1.11. The summed E-state index contributed by atoms with van der Waals surface area (Å²) in [6.45, 7) is 1.90. The van der Waals surface area contributed by atoms with Crippen molar-refractivity contribution >= 4 is 11.6 Å². The van der Waals surface area contributed by atoms with Crippen LogP contribution in [0.3, 0.4) is 0 Å². The lowest BCUT2D eigenvalue weighted by atomic mass is 10.2. The van der Waals surface area contributed by atoms with Gasteiger partial charge in [-0.1, -0.05) is 29.8 Å². The average molecular weight is 351 g/mol. The fourth-order valence-corrected chi connectivity index (χ4v) is 2.50. The minimum absolute atomic E-state index is 0.184. The van der Waals surface area contributed by atoms with Gasteiger partial charge in [-0.2, -0.15) is 0 Å². The van der Waals surface area contributed by atoms with E-state index in [1.807, 2.05) is 6.92 Å². The lowest BCUT2D eigenvalue weighted by molar-refractivity contribution is 0.102. The van der Waals surface area contributed by atoms with Crippen LogP contribution in [0, 0.1) is 6.92 Å². The van der Waals surface area contributed by atoms with E-state index >= 15 is 0 Å². The molecule has 7 nitrogen and oxygen atoms in total. The number of nitrogens with one attached hydrogen (secondary N) is 2. The van der Waals surface area contributed by atoms with Crippen molar-refractivity contribution in [3.8, 4) is 11.4 Å². The van der Waals surface area contributed by atoms with Gasteiger partial charge in [-0.15, -0.1) is 0 Å². The number of aromatic nitrogens is 2. The molecule has 1 aromatic heterocycles. The van der Waals surface area contributed by atoms with Crippen LogP contribution >= 0.6 is 0 Å². The van der Waals surface area contributed by atoms with E-state index in [1.165, 1.54) is 7.11 Å². The largest absolute Gasteiger partial charge is 0.495 e. The zero-order chi connectivity index (χ0) is 18.7. The topological polar surface area (TPSA) is 93.2 Å². The number of nitrogens with zero attached hydrogens (tertiary/aromatic N) is 1. The molecule has 26 heavy (non-hydrogen) atoms. The molecule has 132 valence electrons. The number of amides is 1. The standard InChI is InChI=1S/C19H17N3O4/c1-12-7-9-13(10-8-12)22-18(24)14(11-20-19(22)25)17(23)21-15-5-3-4-6-16(15)26-2/h3-11H,1-2H3,(H,20,25)(H,21,23). The van der Waals surface area contributed by atoms with Crippen LogP contribution in [0.5, 0.6) is 5.75 Å². The van der Waals surface area contributed by atoms with Crippen molar-refractivity contribution in [1.29, 1.82) is 0 Å². The van der Waals surface area contributed by atoms with E-state index in [4.69, 9.17) is 4.74 Å². The van der Waals surface area contributed by atoms with Crippen LogP contribution in [-0.4, -0.2) is 22.6 Å². The van der Waals surface area contributed by atoms with Crippen molar-refractivity contribution in [3.63, 3.8) is 0 Å². The van der Waals surface area contributed by atoms with Gasteiger partial charge in [-0.3, -0.25) is 9.59 Å². The van der Waals surface area contributed by atoms with Gasteiger partial charge in [-0.25, -0.2) is 9.36 Å². The Labute approximate surface area is 148 Å². The zero-order valence-corrected chi connectivity index (χ0v) is 14.3. The van der Waals surface area contributed by atoms with Gasteiger partial charge in [-0.05, 0) is 31.2 Å². The molecule has 0 saturated heterocycles. The Kier molecular flexibility index (Phi) is 4.70. The second-order valence-corrected chi connectivity index (χ2v) is 5.64. The van der Waals surface area contributed by atoms with E-state index in [0.29, 0.717) is 17.1 Å². The number of para-hydroxylation sites is 2. The van der Waals surface area contributed by atoms with E-state index in [2.05, 4.69) is 10.3 Å². The number of hydrogen-bond donors (Lipinski definition) is 2. The molecule has 3 aromatic rings. The van der Waals surface area contributed by atoms with Crippen molar-refractivity contribution in [2.45, 2.75) is 6.92 Å². The van der Waals surface area contributed by atoms with Gasteiger partial charge in [0, 0.05) is 6.20 Å². The van der Waals surface area contributed by atoms with Gasteiger partial charge in [0.05, 0.1) is 18.5 Å². The summed E-state index contributed by atoms with van der Waals surface area (Å²) in [6, 6.07) is 13.7. The molecule has 2 N–H and O–H groups in total. The maximum absolute atomic E-state index is 12.7. The monoisotopic (exact) mass is 351 g/mol. The molecule has 1 amide bonds. The van der Waals surface area contributed by atoms with Gasteiger partial charge in [0.25, 0.3) is 11.5 Å². The summed E-state index contributed by atoms with van der Waals surface area (Å²) in [5, 5.41) is 2.63. The SMILES string of the molecule is COc1ccccc1NC(=O)c1c[nH]c(=O)n(-c2ccc(C)cc2)c1=O. The average Bonchev–Trinajstić information content (AvgIpc) is 2.63. The van der Waals surface area contributed by atoms with E-state index in [0.717, 1.165) is 16.3 Å². The predicted octanol–water partition coefficient (Wildman–Crippen LogP) is 2.10. The van der Waals surface area contributed by atoms with Gasteiger partial charge < -0.3 is 15.0 Å². The molecule has 0 unspecified atom stereocenters. The smallest absolute Gasteiger partial charge is 0.333 e. The van der Waals surface area contributed by atoms with Crippen molar-refractivity contribution < 1.29 is 9.53 Å². The molecule has 3 rings (SSSR count). The first kappa shape index (κ1) is 17.2. The van der Waals surface area contributed by atoms with Crippen molar-refractivity contribution in [2.24, 2.45) is 0 Å². The number of anilines is 1. The molecule has 0 bridgehead atoms. The quantitative estimate of drug-likeness (QED) is 0.753. The summed E-state index contributed by atoms with van der Waals surface area (Å²) in [5.41, 5.74) is 0.290. The van der Waals surface area contributed by atoms with E-state index in [-0.39, 0.29) is 5.56 Å². The van der Waals surface area contributed by atoms with Crippen LogP contribution in [0.15, 0.2) is 64.3 Å². The molecule has 0 spiro atoms. The minimum Gasteiger partial charge on any atom is -0.495 e. The summed E-state index contributed by atoms with van der Waals surface area (Å²) in [5.74, 6) is -0.180. The second-order valence-electron chi connectivity index (χ2n) is 5.64. The summed E-state index contributed by atoms with van der Waals surface area (Å²) in [4.78, 5) is 39.8. The van der Waals surface area contributed by atoms with Crippen molar-refractivity contribution in [1.82, 2.24) is 9.55 Å². The van der Waals surface area contributed by atoms with Crippen LogP contribution in [0.25, 0.3) is 5.69 Å². The minimum atomic E-state index is -0.704. The molecule has 0 fully saturated rings. The van der Waals surface area contributed by atoms with Crippen molar-refractivity contribution in [2.75, 3.05) is 12.4 Å². The number of carbonyl (C=O) groups excluding carboxylic acids is 1. The third kappa shape index (κ3) is 3.27. The number of benzene rings is 2. The van der Waals surface area contributed by atoms with E-state index < -0.39 is 17.2 Å².